The molecule has 0 bridgehead atoms. The molecule has 0 saturated heterocycles. The summed E-state index contributed by atoms with van der Waals surface area (Å²) in [7, 11) is 0. The Labute approximate surface area is 129 Å². The highest BCUT2D eigenvalue weighted by atomic mass is 16.1. The van der Waals surface area contributed by atoms with Gasteiger partial charge in [-0.05, 0) is 24.6 Å². The van der Waals surface area contributed by atoms with Gasteiger partial charge in [-0.1, -0.05) is 12.1 Å². The third-order valence-electron chi connectivity index (χ3n) is 3.66. The van der Waals surface area contributed by atoms with Crippen LogP contribution in [0.3, 0.4) is 0 Å². The Morgan fingerprint density at radius 2 is 2.09 bits per heavy atom. The average Bonchev–Trinajstić information content (AvgIpc) is 2.95. The maximum Gasteiger partial charge on any atom is 0.216 e. The Morgan fingerprint density at radius 1 is 1.23 bits per heavy atom. The fraction of sp³-hybridized carbons (Fsp3) is 0.235. The molecule has 0 unspecified atom stereocenters. The van der Waals surface area contributed by atoms with Crippen LogP contribution in [0.5, 0.6) is 0 Å². The quantitative estimate of drug-likeness (QED) is 0.804. The number of fused-ring (bicyclic) bond motifs is 1. The lowest BCUT2D eigenvalue weighted by atomic mass is 10.0. The van der Waals surface area contributed by atoms with Gasteiger partial charge >= 0.3 is 0 Å². The lowest BCUT2D eigenvalue weighted by molar-refractivity contribution is -0.118. The van der Waals surface area contributed by atoms with Crippen molar-refractivity contribution in [2.75, 3.05) is 6.54 Å². The van der Waals surface area contributed by atoms with Crippen molar-refractivity contribution in [1.82, 2.24) is 19.9 Å². The highest BCUT2D eigenvalue weighted by molar-refractivity contribution is 5.94. The van der Waals surface area contributed by atoms with E-state index in [1.54, 1.807) is 12.4 Å². The molecule has 1 N–H and O–H groups in total. The number of rotatable bonds is 4. The number of amides is 1. The number of nitrogens with zero attached hydrogens (tertiary/aromatic N) is 3. The minimum absolute atomic E-state index is 0.0211. The van der Waals surface area contributed by atoms with Gasteiger partial charge in [-0.15, -0.1) is 0 Å². The topological polar surface area (TPSA) is 59.8 Å². The molecule has 0 atom stereocenters. The standard InChI is InChI=1S/C17H18N4O/c1-12-5-6-15-14(4-3-7-19-15)16(12)17-20-9-11-21(17)10-8-18-13(2)22/h3-7,9,11H,8,10H2,1-2H3,(H,18,22). The molecule has 0 spiro atoms. The summed E-state index contributed by atoms with van der Waals surface area (Å²) in [6.45, 7) is 4.87. The van der Waals surface area contributed by atoms with E-state index in [-0.39, 0.29) is 5.91 Å². The molecule has 0 aliphatic carbocycles. The van der Waals surface area contributed by atoms with Crippen LogP contribution in [0, 0.1) is 6.92 Å². The smallest absolute Gasteiger partial charge is 0.216 e. The van der Waals surface area contributed by atoms with Crippen LogP contribution in [-0.2, 0) is 11.3 Å². The van der Waals surface area contributed by atoms with E-state index in [1.807, 2.05) is 18.3 Å². The van der Waals surface area contributed by atoms with Crippen LogP contribution in [0.4, 0.5) is 0 Å². The second-order valence-electron chi connectivity index (χ2n) is 5.25. The number of aromatic nitrogens is 3. The predicted molar refractivity (Wildman–Crippen MR) is 86.4 cm³/mol. The summed E-state index contributed by atoms with van der Waals surface area (Å²) in [6, 6.07) is 8.10. The maximum atomic E-state index is 11.0. The molecular formula is C17H18N4O. The van der Waals surface area contributed by atoms with Crippen molar-refractivity contribution in [3.8, 4) is 11.4 Å². The first kappa shape index (κ1) is 14.3. The van der Waals surface area contributed by atoms with Gasteiger partial charge in [0.15, 0.2) is 0 Å². The zero-order valence-corrected chi connectivity index (χ0v) is 12.7. The first-order valence-electron chi connectivity index (χ1n) is 7.27. The van der Waals surface area contributed by atoms with Gasteiger partial charge in [0.1, 0.15) is 5.82 Å². The zero-order valence-electron chi connectivity index (χ0n) is 12.7. The molecule has 0 aliphatic heterocycles. The highest BCUT2D eigenvalue weighted by Gasteiger charge is 2.13. The number of imidazole rings is 1. The van der Waals surface area contributed by atoms with Gasteiger partial charge in [0.2, 0.25) is 5.91 Å². The van der Waals surface area contributed by atoms with Crippen molar-refractivity contribution in [3.05, 3.63) is 48.4 Å². The summed E-state index contributed by atoms with van der Waals surface area (Å²) < 4.78 is 2.06. The monoisotopic (exact) mass is 294 g/mol. The van der Waals surface area contributed by atoms with Crippen LogP contribution in [0.15, 0.2) is 42.9 Å². The summed E-state index contributed by atoms with van der Waals surface area (Å²) in [6.07, 6.45) is 5.52. The van der Waals surface area contributed by atoms with Gasteiger partial charge in [0.25, 0.3) is 0 Å². The van der Waals surface area contributed by atoms with E-state index in [9.17, 15) is 4.79 Å². The molecule has 22 heavy (non-hydrogen) atoms. The van der Waals surface area contributed by atoms with E-state index in [2.05, 4.69) is 38.9 Å². The number of aryl methyl sites for hydroxylation is 1. The molecular weight excluding hydrogens is 276 g/mol. The molecule has 5 heteroatoms. The van der Waals surface area contributed by atoms with Crippen LogP contribution in [0.2, 0.25) is 0 Å². The molecule has 2 heterocycles. The summed E-state index contributed by atoms with van der Waals surface area (Å²) in [5.74, 6) is 0.883. The number of nitrogens with one attached hydrogen (secondary N) is 1. The number of hydrogen-bond donors (Lipinski definition) is 1. The molecule has 0 radical (unpaired) electrons. The molecule has 3 rings (SSSR count). The molecule has 1 amide bonds. The summed E-state index contributed by atoms with van der Waals surface area (Å²) in [5.41, 5.74) is 3.21. The van der Waals surface area contributed by atoms with E-state index in [4.69, 9.17) is 0 Å². The average molecular weight is 294 g/mol. The second-order valence-corrected chi connectivity index (χ2v) is 5.25. The lowest BCUT2D eigenvalue weighted by Crippen LogP contribution is -2.24. The van der Waals surface area contributed by atoms with Gasteiger partial charge in [-0.3, -0.25) is 9.78 Å². The van der Waals surface area contributed by atoms with Crippen molar-refractivity contribution < 1.29 is 4.79 Å². The van der Waals surface area contributed by atoms with Crippen molar-refractivity contribution >= 4 is 16.8 Å². The third-order valence-corrected chi connectivity index (χ3v) is 3.66. The fourth-order valence-electron chi connectivity index (χ4n) is 2.63. The van der Waals surface area contributed by atoms with Crippen molar-refractivity contribution in [3.63, 3.8) is 0 Å². The Morgan fingerprint density at radius 3 is 2.91 bits per heavy atom. The Hall–Kier alpha value is -2.69. The SMILES string of the molecule is CC(=O)NCCn1ccnc1-c1c(C)ccc2ncccc12. The number of pyridine rings is 1. The first-order valence-corrected chi connectivity index (χ1v) is 7.27. The van der Waals surface area contributed by atoms with Crippen LogP contribution >= 0.6 is 0 Å². The molecule has 3 aromatic rings. The molecule has 0 aliphatic rings. The van der Waals surface area contributed by atoms with E-state index in [0.717, 1.165) is 27.9 Å². The van der Waals surface area contributed by atoms with Crippen LogP contribution in [0.25, 0.3) is 22.3 Å². The fourth-order valence-corrected chi connectivity index (χ4v) is 2.63. The van der Waals surface area contributed by atoms with Gasteiger partial charge in [-0.2, -0.15) is 0 Å². The van der Waals surface area contributed by atoms with Crippen molar-refractivity contribution in [2.45, 2.75) is 20.4 Å². The Kier molecular flexibility index (Phi) is 3.87. The molecule has 1 aromatic carbocycles. The molecule has 0 fully saturated rings. The van der Waals surface area contributed by atoms with Crippen LogP contribution in [-0.4, -0.2) is 27.0 Å². The lowest BCUT2D eigenvalue weighted by Gasteiger charge is -2.12. The first-order chi connectivity index (χ1) is 10.7. The second kappa shape index (κ2) is 5.97. The number of hydrogen-bond acceptors (Lipinski definition) is 3. The molecule has 0 saturated carbocycles. The maximum absolute atomic E-state index is 11.0. The summed E-state index contributed by atoms with van der Waals surface area (Å²) in [4.78, 5) is 19.9. The molecule has 112 valence electrons. The van der Waals surface area contributed by atoms with E-state index in [0.29, 0.717) is 13.1 Å². The number of benzene rings is 1. The highest BCUT2D eigenvalue weighted by Crippen LogP contribution is 2.29. The normalized spacial score (nSPS) is 10.8. The van der Waals surface area contributed by atoms with Gasteiger partial charge < -0.3 is 9.88 Å². The summed E-state index contributed by atoms with van der Waals surface area (Å²) >= 11 is 0. The third kappa shape index (κ3) is 2.70. The Balaban J connectivity index is 2.03. The number of carbonyl (C=O) groups is 1. The molecule has 2 aromatic heterocycles. The van der Waals surface area contributed by atoms with Crippen LogP contribution < -0.4 is 5.32 Å². The largest absolute Gasteiger partial charge is 0.355 e. The minimum atomic E-state index is -0.0211. The minimum Gasteiger partial charge on any atom is -0.355 e. The van der Waals surface area contributed by atoms with E-state index >= 15 is 0 Å². The Bertz CT molecular complexity index is 822. The number of carbonyl (C=O) groups excluding carboxylic acids is 1. The van der Waals surface area contributed by atoms with Gasteiger partial charge in [0.05, 0.1) is 5.52 Å². The van der Waals surface area contributed by atoms with Gasteiger partial charge in [0, 0.05) is 49.6 Å². The van der Waals surface area contributed by atoms with E-state index in [1.165, 1.54) is 6.92 Å². The van der Waals surface area contributed by atoms with Gasteiger partial charge in [-0.25, -0.2) is 4.98 Å². The van der Waals surface area contributed by atoms with Crippen molar-refractivity contribution in [2.24, 2.45) is 0 Å². The zero-order chi connectivity index (χ0) is 15.5. The summed E-state index contributed by atoms with van der Waals surface area (Å²) in [5, 5.41) is 3.91. The predicted octanol–water partition coefficient (Wildman–Crippen LogP) is 2.54. The van der Waals surface area contributed by atoms with E-state index < -0.39 is 0 Å². The van der Waals surface area contributed by atoms with Crippen molar-refractivity contribution in [1.29, 1.82) is 0 Å². The molecule has 5 nitrogen and oxygen atoms in total. The van der Waals surface area contributed by atoms with Crippen LogP contribution in [0.1, 0.15) is 12.5 Å².